The number of aryl methyl sites for hydroxylation is 1. The van der Waals surface area contributed by atoms with Gasteiger partial charge in [-0.05, 0) is 48.2 Å². The molecule has 2 aromatic rings. The molecule has 0 atom stereocenters. The Labute approximate surface area is 95.5 Å². The zero-order valence-corrected chi connectivity index (χ0v) is 9.38. The maximum atomic E-state index is 6.16. The van der Waals surface area contributed by atoms with E-state index in [4.69, 9.17) is 11.6 Å². The van der Waals surface area contributed by atoms with Gasteiger partial charge >= 0.3 is 0 Å². The quantitative estimate of drug-likeness (QED) is 0.710. The van der Waals surface area contributed by atoms with Gasteiger partial charge in [-0.3, -0.25) is 0 Å². The first-order chi connectivity index (χ1) is 7.25. The van der Waals surface area contributed by atoms with Gasteiger partial charge in [0.25, 0.3) is 0 Å². The highest BCUT2D eigenvalue weighted by Crippen LogP contribution is 2.20. The van der Waals surface area contributed by atoms with Crippen molar-refractivity contribution < 1.29 is 0 Å². The minimum atomic E-state index is 0.829. The van der Waals surface area contributed by atoms with E-state index in [1.165, 1.54) is 5.56 Å². The summed E-state index contributed by atoms with van der Waals surface area (Å²) < 4.78 is 0. The number of rotatable bonds is 2. The smallest absolute Gasteiger partial charge is 0.0444 e. The molecule has 2 aromatic carbocycles. The fourth-order valence-electron chi connectivity index (χ4n) is 1.55. The summed E-state index contributed by atoms with van der Waals surface area (Å²) >= 11 is 6.16. The molecule has 0 amide bonds. The molecular formula is C14H12Cl. The van der Waals surface area contributed by atoms with Crippen molar-refractivity contribution >= 4 is 11.6 Å². The highest BCUT2D eigenvalue weighted by atomic mass is 35.5. The molecule has 0 saturated carbocycles. The van der Waals surface area contributed by atoms with Crippen molar-refractivity contribution in [3.05, 3.63) is 70.2 Å². The molecular weight excluding hydrogens is 204 g/mol. The number of halogens is 1. The lowest BCUT2D eigenvalue weighted by molar-refractivity contribution is 1.18. The van der Waals surface area contributed by atoms with Gasteiger partial charge in [0.05, 0.1) is 0 Å². The van der Waals surface area contributed by atoms with E-state index in [1.807, 2.05) is 37.3 Å². The van der Waals surface area contributed by atoms with Crippen LogP contribution in [0.15, 0.2) is 42.5 Å². The highest BCUT2D eigenvalue weighted by Gasteiger charge is 2.01. The second kappa shape index (κ2) is 4.50. The van der Waals surface area contributed by atoms with Crippen LogP contribution in [0.1, 0.15) is 16.7 Å². The second-order valence-corrected chi connectivity index (χ2v) is 4.06. The first-order valence-corrected chi connectivity index (χ1v) is 5.34. The molecule has 0 nitrogen and oxygen atoms in total. The van der Waals surface area contributed by atoms with Crippen molar-refractivity contribution in [2.45, 2.75) is 13.3 Å². The van der Waals surface area contributed by atoms with Crippen molar-refractivity contribution in [2.75, 3.05) is 0 Å². The van der Waals surface area contributed by atoms with E-state index < -0.39 is 0 Å². The Morgan fingerprint density at radius 2 is 1.93 bits per heavy atom. The van der Waals surface area contributed by atoms with Gasteiger partial charge in [0.1, 0.15) is 0 Å². The number of benzene rings is 2. The Morgan fingerprint density at radius 1 is 1.20 bits per heavy atom. The molecule has 15 heavy (non-hydrogen) atoms. The molecule has 0 saturated heterocycles. The molecule has 1 radical (unpaired) electrons. The Bertz CT molecular complexity index is 446. The maximum absolute atomic E-state index is 6.16. The third-order valence-corrected chi connectivity index (χ3v) is 2.71. The zero-order chi connectivity index (χ0) is 10.7. The molecule has 0 aromatic heterocycles. The highest BCUT2D eigenvalue weighted by molar-refractivity contribution is 6.31. The van der Waals surface area contributed by atoms with Gasteiger partial charge in [0.15, 0.2) is 0 Å². The maximum Gasteiger partial charge on any atom is 0.0444 e. The minimum absolute atomic E-state index is 0.829. The zero-order valence-electron chi connectivity index (χ0n) is 8.63. The Hall–Kier alpha value is -1.27. The summed E-state index contributed by atoms with van der Waals surface area (Å²) in [6, 6.07) is 17.4. The van der Waals surface area contributed by atoms with Crippen LogP contribution in [0.4, 0.5) is 0 Å². The molecule has 0 aliphatic heterocycles. The van der Waals surface area contributed by atoms with Gasteiger partial charge in [-0.25, -0.2) is 0 Å². The van der Waals surface area contributed by atoms with E-state index in [0.29, 0.717) is 0 Å². The average molecular weight is 216 g/mol. The summed E-state index contributed by atoms with van der Waals surface area (Å²) in [6.07, 6.45) is 0.871. The van der Waals surface area contributed by atoms with E-state index in [9.17, 15) is 0 Å². The van der Waals surface area contributed by atoms with Crippen molar-refractivity contribution in [1.82, 2.24) is 0 Å². The summed E-state index contributed by atoms with van der Waals surface area (Å²) in [5, 5.41) is 0.829. The number of hydrogen-bond donors (Lipinski definition) is 0. The van der Waals surface area contributed by atoms with E-state index in [2.05, 4.69) is 18.2 Å². The first-order valence-electron chi connectivity index (χ1n) is 4.96. The van der Waals surface area contributed by atoms with E-state index >= 15 is 0 Å². The van der Waals surface area contributed by atoms with Crippen LogP contribution >= 0.6 is 11.6 Å². The standard InChI is InChI=1S/C14H12Cl/c1-11-7-8-13(14(15)9-11)10-12-5-3-2-4-6-12/h2-6,8-9H,10H2,1H3. The molecule has 0 unspecified atom stereocenters. The lowest BCUT2D eigenvalue weighted by atomic mass is 10.0. The third kappa shape index (κ3) is 2.60. The van der Waals surface area contributed by atoms with E-state index in [-0.39, 0.29) is 0 Å². The van der Waals surface area contributed by atoms with Crippen LogP contribution in [0.2, 0.25) is 5.02 Å². The number of hydrogen-bond acceptors (Lipinski definition) is 0. The Balaban J connectivity index is 2.25. The molecule has 1 heteroatoms. The second-order valence-electron chi connectivity index (χ2n) is 3.65. The SMILES string of the molecule is Cc1[c]cc(Cc2ccccc2)c(Cl)c1. The minimum Gasteiger partial charge on any atom is -0.0840 e. The van der Waals surface area contributed by atoms with E-state index in [1.54, 1.807) is 0 Å². The molecule has 0 aliphatic rings. The van der Waals surface area contributed by atoms with Crippen LogP contribution in [-0.2, 0) is 6.42 Å². The fraction of sp³-hybridized carbons (Fsp3) is 0.143. The molecule has 0 bridgehead atoms. The normalized spacial score (nSPS) is 10.3. The lowest BCUT2D eigenvalue weighted by Crippen LogP contribution is -1.89. The topological polar surface area (TPSA) is 0 Å². The van der Waals surface area contributed by atoms with Gasteiger partial charge in [-0.2, -0.15) is 0 Å². The summed E-state index contributed by atoms with van der Waals surface area (Å²) in [4.78, 5) is 0. The third-order valence-electron chi connectivity index (χ3n) is 2.36. The van der Waals surface area contributed by atoms with Gasteiger partial charge in [-0.15, -0.1) is 0 Å². The lowest BCUT2D eigenvalue weighted by Gasteiger charge is -2.04. The predicted molar refractivity (Wildman–Crippen MR) is 64.3 cm³/mol. The van der Waals surface area contributed by atoms with Crippen molar-refractivity contribution in [1.29, 1.82) is 0 Å². The molecule has 0 heterocycles. The van der Waals surface area contributed by atoms with Crippen LogP contribution in [-0.4, -0.2) is 0 Å². The van der Waals surface area contributed by atoms with Crippen LogP contribution in [0, 0.1) is 13.0 Å². The van der Waals surface area contributed by atoms with Gasteiger partial charge in [-0.1, -0.05) is 41.9 Å². The molecule has 0 aliphatic carbocycles. The molecule has 75 valence electrons. The largest absolute Gasteiger partial charge is 0.0840 e. The van der Waals surface area contributed by atoms with Crippen molar-refractivity contribution in [2.24, 2.45) is 0 Å². The fourth-order valence-corrected chi connectivity index (χ4v) is 1.83. The summed E-state index contributed by atoms with van der Waals surface area (Å²) in [5.74, 6) is 0. The van der Waals surface area contributed by atoms with Crippen LogP contribution in [0.5, 0.6) is 0 Å². The summed E-state index contributed by atoms with van der Waals surface area (Å²) in [5.41, 5.74) is 3.49. The average Bonchev–Trinajstić information content (AvgIpc) is 2.24. The summed E-state index contributed by atoms with van der Waals surface area (Å²) in [6.45, 7) is 2.00. The van der Waals surface area contributed by atoms with Gasteiger partial charge < -0.3 is 0 Å². The van der Waals surface area contributed by atoms with Crippen LogP contribution < -0.4 is 0 Å². The van der Waals surface area contributed by atoms with Crippen LogP contribution in [0.25, 0.3) is 0 Å². The molecule has 0 spiro atoms. The van der Waals surface area contributed by atoms with Crippen molar-refractivity contribution in [3.63, 3.8) is 0 Å². The molecule has 0 N–H and O–H groups in total. The predicted octanol–water partition coefficient (Wildman–Crippen LogP) is 4.04. The van der Waals surface area contributed by atoms with Gasteiger partial charge in [0, 0.05) is 5.02 Å². The van der Waals surface area contributed by atoms with Crippen molar-refractivity contribution in [3.8, 4) is 0 Å². The van der Waals surface area contributed by atoms with Gasteiger partial charge in [0.2, 0.25) is 0 Å². The monoisotopic (exact) mass is 215 g/mol. The first kappa shape index (κ1) is 10.3. The Morgan fingerprint density at radius 3 is 2.60 bits per heavy atom. The molecule has 0 fully saturated rings. The summed E-state index contributed by atoms with van der Waals surface area (Å²) in [7, 11) is 0. The van der Waals surface area contributed by atoms with Crippen LogP contribution in [0.3, 0.4) is 0 Å². The molecule has 2 rings (SSSR count). The van der Waals surface area contributed by atoms with E-state index in [0.717, 1.165) is 22.6 Å². The Kier molecular flexibility index (Phi) is 3.08.